The van der Waals surface area contributed by atoms with E-state index >= 15 is 0 Å². The van der Waals surface area contributed by atoms with Crippen LogP contribution in [-0.4, -0.2) is 17.4 Å². The molecule has 102 valence electrons. The average molecular weight is 270 g/mol. The summed E-state index contributed by atoms with van der Waals surface area (Å²) in [4.78, 5) is 22.0. The number of phenols is 1. The molecule has 4 nitrogen and oxygen atoms in total. The van der Waals surface area contributed by atoms with Gasteiger partial charge < -0.3 is 9.84 Å². The maximum absolute atomic E-state index is 11.6. The molecule has 4 heteroatoms. The highest BCUT2D eigenvalue weighted by Crippen LogP contribution is 2.22. The molecule has 0 unspecified atom stereocenters. The van der Waals surface area contributed by atoms with Crippen LogP contribution in [0.4, 0.5) is 0 Å². The lowest BCUT2D eigenvalue weighted by molar-refractivity contribution is -0.120. The zero-order valence-corrected chi connectivity index (χ0v) is 11.0. The van der Waals surface area contributed by atoms with E-state index in [-0.39, 0.29) is 17.3 Å². The SMILES string of the molecule is CC(=O)c1cc(Cc2ccc(O)cc2)ccc1OC=O. The number of rotatable bonds is 5. The van der Waals surface area contributed by atoms with Gasteiger partial charge in [0.25, 0.3) is 6.47 Å². The summed E-state index contributed by atoms with van der Waals surface area (Å²) < 4.78 is 4.78. The van der Waals surface area contributed by atoms with E-state index in [2.05, 4.69) is 0 Å². The minimum Gasteiger partial charge on any atom is -0.508 e. The Morgan fingerprint density at radius 3 is 2.40 bits per heavy atom. The second kappa shape index (κ2) is 6.02. The molecule has 1 N–H and O–H groups in total. The van der Waals surface area contributed by atoms with Crippen molar-refractivity contribution in [2.75, 3.05) is 0 Å². The quantitative estimate of drug-likeness (QED) is 0.670. The highest BCUT2D eigenvalue weighted by atomic mass is 16.5. The number of hydrogen-bond donors (Lipinski definition) is 1. The van der Waals surface area contributed by atoms with E-state index in [1.165, 1.54) is 6.92 Å². The third-order valence-corrected chi connectivity index (χ3v) is 2.94. The Labute approximate surface area is 116 Å². The highest BCUT2D eigenvalue weighted by molar-refractivity contribution is 5.97. The first-order valence-electron chi connectivity index (χ1n) is 6.12. The molecular formula is C16H14O4. The molecule has 0 radical (unpaired) electrons. The van der Waals surface area contributed by atoms with Crippen molar-refractivity contribution in [1.82, 2.24) is 0 Å². The monoisotopic (exact) mass is 270 g/mol. The van der Waals surface area contributed by atoms with Gasteiger partial charge in [0, 0.05) is 0 Å². The summed E-state index contributed by atoms with van der Waals surface area (Å²) in [6.07, 6.45) is 0.627. The van der Waals surface area contributed by atoms with E-state index in [1.807, 2.05) is 12.1 Å². The number of aromatic hydroxyl groups is 1. The van der Waals surface area contributed by atoms with Crippen LogP contribution in [0, 0.1) is 0 Å². The second-order valence-electron chi connectivity index (χ2n) is 4.44. The Bertz CT molecular complexity index is 629. The molecule has 2 aromatic rings. The Balaban J connectivity index is 2.28. The van der Waals surface area contributed by atoms with Crippen molar-refractivity contribution in [1.29, 1.82) is 0 Å². The summed E-state index contributed by atoms with van der Waals surface area (Å²) in [6.45, 7) is 1.73. The number of ketones is 1. The first kappa shape index (κ1) is 13.8. The molecule has 2 rings (SSSR count). The Hall–Kier alpha value is -2.62. The number of carbonyl (C=O) groups excluding carboxylic acids is 2. The summed E-state index contributed by atoms with van der Waals surface area (Å²) in [7, 11) is 0. The predicted molar refractivity (Wildman–Crippen MR) is 74.1 cm³/mol. The lowest BCUT2D eigenvalue weighted by Crippen LogP contribution is -2.01. The molecule has 20 heavy (non-hydrogen) atoms. The van der Waals surface area contributed by atoms with Crippen molar-refractivity contribution in [2.45, 2.75) is 13.3 Å². The van der Waals surface area contributed by atoms with E-state index in [4.69, 9.17) is 4.74 Å². The van der Waals surface area contributed by atoms with Crippen molar-refractivity contribution < 1.29 is 19.4 Å². The van der Waals surface area contributed by atoms with Crippen molar-refractivity contribution >= 4 is 12.3 Å². The predicted octanol–water partition coefficient (Wildman–Crippen LogP) is 2.72. The molecule has 0 saturated heterocycles. The van der Waals surface area contributed by atoms with Gasteiger partial charge in [0.15, 0.2) is 5.78 Å². The van der Waals surface area contributed by atoms with Crippen LogP contribution < -0.4 is 4.74 Å². The van der Waals surface area contributed by atoms with Crippen LogP contribution in [0.2, 0.25) is 0 Å². The molecule has 0 amide bonds. The van der Waals surface area contributed by atoms with E-state index in [9.17, 15) is 14.7 Å². The standard InChI is InChI=1S/C16H14O4/c1-11(18)15-9-13(4-7-16(15)20-10-17)8-12-2-5-14(19)6-3-12/h2-7,9-10,19H,8H2,1H3. The van der Waals surface area contributed by atoms with E-state index in [1.54, 1.807) is 30.3 Å². The normalized spacial score (nSPS) is 10.1. The minimum absolute atomic E-state index is 0.158. The molecule has 2 aromatic carbocycles. The maximum Gasteiger partial charge on any atom is 0.298 e. The van der Waals surface area contributed by atoms with Crippen LogP contribution in [0.1, 0.15) is 28.4 Å². The topological polar surface area (TPSA) is 63.6 Å². The lowest BCUT2D eigenvalue weighted by Gasteiger charge is -2.08. The van der Waals surface area contributed by atoms with Gasteiger partial charge in [-0.3, -0.25) is 9.59 Å². The van der Waals surface area contributed by atoms with Gasteiger partial charge in [-0.2, -0.15) is 0 Å². The smallest absolute Gasteiger partial charge is 0.298 e. The molecule has 0 aliphatic heterocycles. The lowest BCUT2D eigenvalue weighted by atomic mass is 10.0. The summed E-state index contributed by atoms with van der Waals surface area (Å²) >= 11 is 0. The number of carbonyl (C=O) groups is 2. The molecule has 0 aromatic heterocycles. The summed E-state index contributed by atoms with van der Waals surface area (Å²) in [5.41, 5.74) is 2.33. The van der Waals surface area contributed by atoms with Gasteiger partial charge in [-0.15, -0.1) is 0 Å². The number of Topliss-reactive ketones (excluding diaryl/α,β-unsaturated/α-hetero) is 1. The van der Waals surface area contributed by atoms with Gasteiger partial charge in [0.1, 0.15) is 11.5 Å². The minimum atomic E-state index is -0.158. The first-order valence-corrected chi connectivity index (χ1v) is 6.12. The molecule has 0 fully saturated rings. The average Bonchev–Trinajstić information content (AvgIpc) is 2.43. The van der Waals surface area contributed by atoms with Crippen LogP contribution in [-0.2, 0) is 11.2 Å². The molecular weight excluding hydrogens is 256 g/mol. The van der Waals surface area contributed by atoms with Crippen LogP contribution in [0.5, 0.6) is 11.5 Å². The fourth-order valence-corrected chi connectivity index (χ4v) is 1.97. The maximum atomic E-state index is 11.6. The molecule has 0 aliphatic carbocycles. The molecule has 0 spiro atoms. The van der Waals surface area contributed by atoms with E-state index < -0.39 is 0 Å². The third-order valence-electron chi connectivity index (χ3n) is 2.94. The van der Waals surface area contributed by atoms with Gasteiger partial charge in [0.05, 0.1) is 5.56 Å². The number of benzene rings is 2. The number of hydrogen-bond acceptors (Lipinski definition) is 4. The summed E-state index contributed by atoms with van der Waals surface area (Å²) in [5.74, 6) is 0.323. The Kier molecular flexibility index (Phi) is 4.15. The van der Waals surface area contributed by atoms with Crippen molar-refractivity contribution in [3.63, 3.8) is 0 Å². The van der Waals surface area contributed by atoms with E-state index in [0.717, 1.165) is 11.1 Å². The van der Waals surface area contributed by atoms with Gasteiger partial charge in [-0.25, -0.2) is 0 Å². The zero-order valence-electron chi connectivity index (χ0n) is 11.0. The third kappa shape index (κ3) is 3.23. The largest absolute Gasteiger partial charge is 0.508 e. The van der Waals surface area contributed by atoms with Crippen LogP contribution in [0.15, 0.2) is 42.5 Å². The van der Waals surface area contributed by atoms with Gasteiger partial charge in [-0.1, -0.05) is 18.2 Å². The van der Waals surface area contributed by atoms with E-state index in [0.29, 0.717) is 18.5 Å². The molecule has 0 heterocycles. The molecule has 0 saturated carbocycles. The van der Waals surface area contributed by atoms with Crippen LogP contribution in [0.3, 0.4) is 0 Å². The summed E-state index contributed by atoms with van der Waals surface area (Å²) in [5, 5.41) is 9.24. The second-order valence-corrected chi connectivity index (χ2v) is 4.44. The Morgan fingerprint density at radius 2 is 1.80 bits per heavy atom. The van der Waals surface area contributed by atoms with Gasteiger partial charge in [-0.05, 0) is 48.7 Å². The number of ether oxygens (including phenoxy) is 1. The fraction of sp³-hybridized carbons (Fsp3) is 0.125. The summed E-state index contributed by atoms with van der Waals surface area (Å²) in [6, 6.07) is 12.0. The fourth-order valence-electron chi connectivity index (χ4n) is 1.97. The number of phenolic OH excluding ortho intramolecular Hbond substituents is 1. The zero-order chi connectivity index (χ0) is 14.5. The molecule has 0 aliphatic rings. The molecule has 0 atom stereocenters. The molecule has 0 bridgehead atoms. The van der Waals surface area contributed by atoms with Crippen LogP contribution in [0.25, 0.3) is 0 Å². The van der Waals surface area contributed by atoms with Gasteiger partial charge >= 0.3 is 0 Å². The first-order chi connectivity index (χ1) is 9.60. The van der Waals surface area contributed by atoms with Crippen molar-refractivity contribution in [2.24, 2.45) is 0 Å². The van der Waals surface area contributed by atoms with Crippen molar-refractivity contribution in [3.8, 4) is 11.5 Å². The van der Waals surface area contributed by atoms with Crippen molar-refractivity contribution in [3.05, 3.63) is 59.2 Å². The van der Waals surface area contributed by atoms with Gasteiger partial charge in [0.2, 0.25) is 0 Å². The van der Waals surface area contributed by atoms with Crippen LogP contribution >= 0.6 is 0 Å². The highest BCUT2D eigenvalue weighted by Gasteiger charge is 2.10. The Morgan fingerprint density at radius 1 is 1.15 bits per heavy atom.